The number of aliphatic hydroxyl groups is 3. The third-order valence-corrected chi connectivity index (χ3v) is 8.05. The van der Waals surface area contributed by atoms with Gasteiger partial charge in [0, 0.05) is 0 Å². The van der Waals surface area contributed by atoms with Gasteiger partial charge < -0.3 is 15.3 Å². The Morgan fingerprint density at radius 2 is 1.73 bits per heavy atom. The first kappa shape index (κ1) is 15.2. The fourth-order valence-corrected chi connectivity index (χ4v) is 6.60. The first-order chi connectivity index (χ1) is 10.4. The highest BCUT2D eigenvalue weighted by molar-refractivity contribution is 5.27. The summed E-state index contributed by atoms with van der Waals surface area (Å²) in [6.45, 7) is 4.60. The van der Waals surface area contributed by atoms with Gasteiger partial charge in [0.2, 0.25) is 0 Å². The number of fused-ring (bicyclic) bond motifs is 5. The first-order valence-corrected chi connectivity index (χ1v) is 9.11. The molecule has 1 unspecified atom stereocenters. The molecule has 0 aromatic heterocycles. The molecule has 4 aliphatic carbocycles. The van der Waals surface area contributed by atoms with E-state index in [9.17, 15) is 15.3 Å². The summed E-state index contributed by atoms with van der Waals surface area (Å²) in [7, 11) is 0. The lowest BCUT2D eigenvalue weighted by atomic mass is 9.47. The van der Waals surface area contributed by atoms with E-state index in [0.29, 0.717) is 17.8 Å². The van der Waals surface area contributed by atoms with Gasteiger partial charge in [-0.2, -0.15) is 0 Å². The summed E-state index contributed by atoms with van der Waals surface area (Å²) in [5.41, 5.74) is 1.44. The molecule has 3 heteroatoms. The Morgan fingerprint density at radius 1 is 0.955 bits per heavy atom. The van der Waals surface area contributed by atoms with E-state index in [1.54, 1.807) is 0 Å². The van der Waals surface area contributed by atoms with Crippen molar-refractivity contribution in [3.8, 4) is 0 Å². The lowest BCUT2D eigenvalue weighted by Crippen LogP contribution is -2.55. The van der Waals surface area contributed by atoms with Crippen LogP contribution in [0.4, 0.5) is 0 Å². The molecule has 124 valence electrons. The molecule has 22 heavy (non-hydrogen) atoms. The van der Waals surface area contributed by atoms with Crippen LogP contribution in [0.15, 0.2) is 11.6 Å². The van der Waals surface area contributed by atoms with Crippen LogP contribution in [-0.2, 0) is 0 Å². The van der Waals surface area contributed by atoms with Crippen LogP contribution in [-0.4, -0.2) is 33.6 Å². The molecule has 4 aliphatic rings. The molecule has 0 saturated heterocycles. The monoisotopic (exact) mass is 306 g/mol. The summed E-state index contributed by atoms with van der Waals surface area (Å²) < 4.78 is 0. The molecule has 0 aromatic rings. The van der Waals surface area contributed by atoms with E-state index in [2.05, 4.69) is 19.9 Å². The molecule has 0 aliphatic heterocycles. The Morgan fingerprint density at radius 3 is 2.50 bits per heavy atom. The minimum Gasteiger partial charge on any atom is -0.393 e. The first-order valence-electron chi connectivity index (χ1n) is 9.11. The minimum atomic E-state index is -0.395. The summed E-state index contributed by atoms with van der Waals surface area (Å²) >= 11 is 0. The van der Waals surface area contributed by atoms with Gasteiger partial charge in [0.15, 0.2) is 0 Å². The van der Waals surface area contributed by atoms with Gasteiger partial charge in [0.05, 0.1) is 18.3 Å². The standard InChI is InChI=1S/C19H30O3/c1-18-7-5-12(20)9-11(18)10-15(21)17-13-3-4-16(22)19(13,2)8-6-14(17)18/h10,12-17,20-22H,3-9H2,1-2H3/t12-,13-,14-,15+,16?,17-,18-,19-/m0/s1. The van der Waals surface area contributed by atoms with Crippen molar-refractivity contribution in [2.45, 2.75) is 77.1 Å². The zero-order valence-corrected chi connectivity index (χ0v) is 13.8. The van der Waals surface area contributed by atoms with Crippen LogP contribution >= 0.6 is 0 Å². The molecule has 4 rings (SSSR count). The molecular formula is C19H30O3. The topological polar surface area (TPSA) is 60.7 Å². The van der Waals surface area contributed by atoms with Crippen LogP contribution in [0.5, 0.6) is 0 Å². The normalized spacial score (nSPS) is 57.6. The van der Waals surface area contributed by atoms with Crippen molar-refractivity contribution in [2.24, 2.45) is 28.6 Å². The molecule has 0 bridgehead atoms. The van der Waals surface area contributed by atoms with E-state index in [0.717, 1.165) is 44.9 Å². The Balaban J connectivity index is 1.73. The second-order valence-electron chi connectivity index (χ2n) is 8.92. The zero-order valence-electron chi connectivity index (χ0n) is 13.8. The fraction of sp³-hybridized carbons (Fsp3) is 0.895. The number of hydrogen-bond donors (Lipinski definition) is 3. The molecule has 8 atom stereocenters. The smallest absolute Gasteiger partial charge is 0.0757 e. The summed E-state index contributed by atoms with van der Waals surface area (Å²) in [5, 5.41) is 31.3. The molecule has 0 aromatic carbocycles. The van der Waals surface area contributed by atoms with Gasteiger partial charge >= 0.3 is 0 Å². The van der Waals surface area contributed by atoms with Crippen molar-refractivity contribution in [3.63, 3.8) is 0 Å². The maximum atomic E-state index is 10.9. The average Bonchev–Trinajstić information content (AvgIpc) is 2.77. The molecule has 0 heterocycles. The second-order valence-corrected chi connectivity index (χ2v) is 8.92. The van der Waals surface area contributed by atoms with Crippen LogP contribution in [0, 0.1) is 28.6 Å². The van der Waals surface area contributed by atoms with Crippen molar-refractivity contribution in [1.29, 1.82) is 0 Å². The Labute approximate surface area is 133 Å². The average molecular weight is 306 g/mol. The van der Waals surface area contributed by atoms with Crippen LogP contribution in [0.1, 0.15) is 58.8 Å². The Kier molecular flexibility index (Phi) is 3.32. The lowest BCUT2D eigenvalue weighted by molar-refractivity contribution is -0.105. The van der Waals surface area contributed by atoms with Crippen molar-refractivity contribution >= 4 is 0 Å². The highest BCUT2D eigenvalue weighted by Crippen LogP contribution is 2.64. The van der Waals surface area contributed by atoms with Gasteiger partial charge in [-0.05, 0) is 73.5 Å². The van der Waals surface area contributed by atoms with E-state index >= 15 is 0 Å². The molecule has 0 radical (unpaired) electrons. The summed E-state index contributed by atoms with van der Waals surface area (Å²) in [5.74, 6) is 1.25. The molecule has 3 nitrogen and oxygen atoms in total. The van der Waals surface area contributed by atoms with Crippen molar-refractivity contribution in [3.05, 3.63) is 11.6 Å². The number of rotatable bonds is 0. The SMILES string of the molecule is C[C@]12CC[C@H](O)CC1=C[C@@H](O)[C@@H]1[C@@H]2CC[C@]2(C)C(O)CC[C@@H]12. The highest BCUT2D eigenvalue weighted by atomic mass is 16.3. The summed E-state index contributed by atoms with van der Waals surface area (Å²) in [6.07, 6.45) is 8.05. The third kappa shape index (κ3) is 1.85. The van der Waals surface area contributed by atoms with Crippen LogP contribution in [0.25, 0.3) is 0 Å². The third-order valence-electron chi connectivity index (χ3n) is 8.05. The Bertz CT molecular complexity index is 501. The van der Waals surface area contributed by atoms with Gasteiger partial charge in [-0.25, -0.2) is 0 Å². The maximum absolute atomic E-state index is 10.9. The summed E-state index contributed by atoms with van der Waals surface area (Å²) in [4.78, 5) is 0. The van der Waals surface area contributed by atoms with Gasteiger partial charge in [-0.15, -0.1) is 0 Å². The predicted molar refractivity (Wildman–Crippen MR) is 85.1 cm³/mol. The number of aliphatic hydroxyl groups excluding tert-OH is 3. The van der Waals surface area contributed by atoms with Gasteiger partial charge in [-0.1, -0.05) is 25.5 Å². The molecule has 0 spiro atoms. The van der Waals surface area contributed by atoms with E-state index in [-0.39, 0.29) is 23.0 Å². The minimum absolute atomic E-state index is 0.00195. The second kappa shape index (κ2) is 4.81. The maximum Gasteiger partial charge on any atom is 0.0757 e. The van der Waals surface area contributed by atoms with Crippen molar-refractivity contribution in [2.75, 3.05) is 0 Å². The van der Waals surface area contributed by atoms with Gasteiger partial charge in [0.1, 0.15) is 0 Å². The molecule has 3 saturated carbocycles. The van der Waals surface area contributed by atoms with E-state index in [1.165, 1.54) is 5.57 Å². The predicted octanol–water partition coefficient (Wildman–Crippen LogP) is 2.64. The zero-order chi connectivity index (χ0) is 15.7. The summed E-state index contributed by atoms with van der Waals surface area (Å²) in [6, 6.07) is 0. The van der Waals surface area contributed by atoms with Crippen LogP contribution in [0.3, 0.4) is 0 Å². The molecule has 3 N–H and O–H groups in total. The molecule has 3 fully saturated rings. The molecular weight excluding hydrogens is 276 g/mol. The quantitative estimate of drug-likeness (QED) is 0.603. The van der Waals surface area contributed by atoms with E-state index in [4.69, 9.17) is 0 Å². The van der Waals surface area contributed by atoms with Crippen molar-refractivity contribution < 1.29 is 15.3 Å². The van der Waals surface area contributed by atoms with Crippen molar-refractivity contribution in [1.82, 2.24) is 0 Å². The van der Waals surface area contributed by atoms with Crippen LogP contribution in [0.2, 0.25) is 0 Å². The van der Waals surface area contributed by atoms with Gasteiger partial charge in [-0.3, -0.25) is 0 Å². The number of hydrogen-bond acceptors (Lipinski definition) is 3. The van der Waals surface area contributed by atoms with E-state index < -0.39 is 6.10 Å². The molecule has 0 amide bonds. The lowest BCUT2D eigenvalue weighted by Gasteiger charge is -2.58. The van der Waals surface area contributed by atoms with Gasteiger partial charge in [0.25, 0.3) is 0 Å². The highest BCUT2D eigenvalue weighted by Gasteiger charge is 2.60. The largest absolute Gasteiger partial charge is 0.393 e. The Hall–Kier alpha value is -0.380. The fourth-order valence-electron chi connectivity index (χ4n) is 6.60. The van der Waals surface area contributed by atoms with E-state index in [1.807, 2.05) is 0 Å². The van der Waals surface area contributed by atoms with Crippen LogP contribution < -0.4 is 0 Å².